The molecule has 10 N–H and O–H groups in total. The lowest BCUT2D eigenvalue weighted by molar-refractivity contribution is -0.129. The number of anilines is 3. The molecule has 23 heteroatoms. The lowest BCUT2D eigenvalue weighted by atomic mass is 9.95. The molecule has 81 heavy (non-hydrogen) atoms. The van der Waals surface area contributed by atoms with Crippen LogP contribution in [0.5, 0.6) is 5.75 Å². The number of piperazine rings is 1. The van der Waals surface area contributed by atoms with Crippen LogP contribution in [0.2, 0.25) is 0 Å². The maximum absolute atomic E-state index is 14.5. The molecule has 0 saturated carbocycles. The number of alkyl carbamates (subject to hydrolysis) is 1. The summed E-state index contributed by atoms with van der Waals surface area (Å²) in [5, 5.41) is 22.1. The highest BCUT2D eigenvalue weighted by molar-refractivity contribution is 9.09. The van der Waals surface area contributed by atoms with Crippen molar-refractivity contribution >= 4 is 102 Å². The predicted octanol–water partition coefficient (Wildman–Crippen LogP) is 5.99. The van der Waals surface area contributed by atoms with Gasteiger partial charge in [0.2, 0.25) is 17.7 Å². The molecule has 2 aliphatic heterocycles. The third kappa shape index (κ3) is 15.4. The molecule has 426 valence electrons. The number of carbonyl (C=O) groups is 8. The number of rotatable bonds is 22. The molecule has 8 rings (SSSR count). The number of H-pyrrole nitrogens is 1. The normalized spacial score (nSPS) is 14.9. The number of benzene rings is 5. The number of nitrogens with one attached hydrogen (secondary N) is 8. The molecule has 3 heterocycles. The van der Waals surface area contributed by atoms with Gasteiger partial charge in [0.1, 0.15) is 24.1 Å². The van der Waals surface area contributed by atoms with E-state index in [4.69, 9.17) is 15.2 Å². The van der Waals surface area contributed by atoms with E-state index in [1.807, 2.05) is 61.6 Å². The summed E-state index contributed by atoms with van der Waals surface area (Å²) in [6, 6.07) is 29.2. The van der Waals surface area contributed by atoms with Crippen LogP contribution in [0.3, 0.4) is 0 Å². The third-order valence-corrected chi connectivity index (χ3v) is 14.8. The van der Waals surface area contributed by atoms with Crippen LogP contribution in [0.1, 0.15) is 64.6 Å². The number of aromatic nitrogens is 1. The van der Waals surface area contributed by atoms with Crippen molar-refractivity contribution < 1.29 is 47.8 Å². The van der Waals surface area contributed by atoms with Gasteiger partial charge >= 0.3 is 18.2 Å². The number of nitrogens with two attached hydrogens (primary N) is 1. The van der Waals surface area contributed by atoms with Crippen molar-refractivity contribution in [2.24, 2.45) is 11.7 Å². The molecule has 5 aromatic carbocycles. The first-order valence-corrected chi connectivity index (χ1v) is 27.9. The minimum atomic E-state index is -1.08. The van der Waals surface area contributed by atoms with Crippen molar-refractivity contribution in [3.63, 3.8) is 0 Å². The molecule has 1 fully saturated rings. The summed E-state index contributed by atoms with van der Waals surface area (Å²) in [6.07, 6.45) is -0.671. The van der Waals surface area contributed by atoms with E-state index < -0.39 is 53.9 Å². The van der Waals surface area contributed by atoms with E-state index in [2.05, 4.69) is 63.0 Å². The van der Waals surface area contributed by atoms with E-state index in [1.54, 1.807) is 66.1 Å². The van der Waals surface area contributed by atoms with E-state index in [9.17, 15) is 38.4 Å². The van der Waals surface area contributed by atoms with Crippen molar-refractivity contribution in [2.45, 2.75) is 51.3 Å². The van der Waals surface area contributed by atoms with Crippen LogP contribution in [0.25, 0.3) is 21.7 Å². The van der Waals surface area contributed by atoms with Gasteiger partial charge in [-0.1, -0.05) is 84.4 Å². The Labute approximate surface area is 476 Å². The highest BCUT2D eigenvalue weighted by Gasteiger charge is 2.36. The number of hydrogen-bond acceptors (Lipinski definition) is 12. The Morgan fingerprint density at radius 1 is 0.765 bits per heavy atom. The number of primary amides is 1. The van der Waals surface area contributed by atoms with Crippen molar-refractivity contribution in [1.29, 1.82) is 0 Å². The molecule has 0 aliphatic carbocycles. The lowest BCUT2D eigenvalue weighted by Gasteiger charge is -2.31. The monoisotopic (exact) mass is 1170 g/mol. The van der Waals surface area contributed by atoms with Crippen molar-refractivity contribution in [2.75, 3.05) is 86.8 Å². The maximum atomic E-state index is 14.5. The third-order valence-electron chi connectivity index (χ3n) is 14.0. The number of fused-ring (bicyclic) bond motifs is 4. The first-order chi connectivity index (χ1) is 39.0. The molecule has 3 atom stereocenters. The van der Waals surface area contributed by atoms with E-state index >= 15 is 0 Å². The topological polar surface area (TPSA) is 291 Å². The fraction of sp³-hybridized carbons (Fsp3) is 0.345. The van der Waals surface area contributed by atoms with Crippen LogP contribution < -0.4 is 52.6 Å². The molecule has 0 bridgehead atoms. The molecular weight excluding hydrogens is 1100 g/mol. The minimum absolute atomic E-state index is 0.0327. The summed E-state index contributed by atoms with van der Waals surface area (Å²) in [4.78, 5) is 114. The average Bonchev–Trinajstić information content (AvgIpc) is 4.07. The van der Waals surface area contributed by atoms with Crippen molar-refractivity contribution in [3.05, 3.63) is 132 Å². The average molecular weight is 1170 g/mol. The van der Waals surface area contributed by atoms with Gasteiger partial charge in [0.25, 0.3) is 11.8 Å². The van der Waals surface area contributed by atoms with Crippen LogP contribution >= 0.6 is 15.9 Å². The number of nitrogens with zero attached hydrogens (tertiary/aromatic N) is 3. The standard InChI is InChI=1S/C58H67BrN12O10/c1-35(2)51(64-32-49(72)61-22-23-63-57(78)80-34-36-10-5-4-6-11-36)54(75)68-45(14-9-21-62-56(60)77)53(74)65-40-17-15-37(16-18-40)52(73)66-41-19-20-44-38(28-41)29-46(67-44)55(76)71-33-39(31-59)50-43-13-8-7-12-42(43)48(30-47(50)71)81-58(79)70-26-24-69(3)25-27-70/h4-8,10-13,15-20,28-30,35,39,45,51,64,67H,9,14,21-27,31-34H2,1-3H3,(H,61,72)(H,63,78)(H,65,74)(H,66,73)(H,68,75)(H3,60,62,77)/t39-,45?,51?/m1/s1. The largest absolute Gasteiger partial charge is 0.445 e. The number of carbonyl (C=O) groups excluding carboxylic acids is 8. The number of likely N-dealkylation sites (N-methyl/N-ethyl adjacent to an activating group) is 1. The smallest absolute Gasteiger partial charge is 0.415 e. The van der Waals surface area contributed by atoms with Crippen LogP contribution in [0, 0.1) is 5.92 Å². The first kappa shape index (κ1) is 58.6. The lowest BCUT2D eigenvalue weighted by Crippen LogP contribution is -2.55. The fourth-order valence-corrected chi connectivity index (χ4v) is 10.2. The summed E-state index contributed by atoms with van der Waals surface area (Å²) in [5.74, 6) is -2.20. The van der Waals surface area contributed by atoms with Crippen LogP contribution in [0.15, 0.2) is 109 Å². The van der Waals surface area contributed by atoms with Crippen molar-refractivity contribution in [3.8, 4) is 5.75 Å². The Kier molecular flexibility index (Phi) is 19.9. The van der Waals surface area contributed by atoms with E-state index in [0.29, 0.717) is 64.4 Å². The number of amides is 9. The van der Waals surface area contributed by atoms with Crippen LogP contribution in [-0.4, -0.2) is 146 Å². The number of hydrogen-bond donors (Lipinski definition) is 9. The number of alkyl halides is 1. The second kappa shape index (κ2) is 27.6. The summed E-state index contributed by atoms with van der Waals surface area (Å²) < 4.78 is 11.3. The summed E-state index contributed by atoms with van der Waals surface area (Å²) in [7, 11) is 2.02. The molecule has 2 unspecified atom stereocenters. The second-order valence-electron chi connectivity index (χ2n) is 20.2. The van der Waals surface area contributed by atoms with Gasteiger partial charge in [-0.3, -0.25) is 29.3 Å². The predicted molar refractivity (Wildman–Crippen MR) is 312 cm³/mol. The molecule has 9 amide bonds. The number of urea groups is 1. The van der Waals surface area contributed by atoms with Gasteiger partial charge < -0.3 is 66.8 Å². The SMILES string of the molecule is CC(C)C(NCC(=O)NCCNC(=O)OCc1ccccc1)C(=O)NC(CCCNC(N)=O)C(=O)Nc1ccc(C(=O)Nc2ccc3[nH]c(C(=O)N4C[C@@H](CBr)c5c4cc(OC(=O)N4CCN(C)CC4)c4ccccc54)cc3c2)cc1. The van der Waals surface area contributed by atoms with Gasteiger partial charge in [-0.15, -0.1) is 0 Å². The Morgan fingerprint density at radius 3 is 2.19 bits per heavy atom. The fourth-order valence-electron chi connectivity index (χ4n) is 9.66. The van der Waals surface area contributed by atoms with E-state index in [0.717, 1.165) is 35.0 Å². The van der Waals surface area contributed by atoms with Crippen LogP contribution in [-0.2, 0) is 25.7 Å². The Morgan fingerprint density at radius 2 is 1.47 bits per heavy atom. The molecule has 0 spiro atoms. The second-order valence-corrected chi connectivity index (χ2v) is 20.9. The van der Waals surface area contributed by atoms with E-state index in [-0.39, 0.29) is 68.9 Å². The number of ether oxygens (including phenoxy) is 2. The molecule has 6 aromatic rings. The molecule has 1 saturated heterocycles. The molecule has 22 nitrogen and oxygen atoms in total. The van der Waals surface area contributed by atoms with Gasteiger partial charge in [0.05, 0.1) is 18.3 Å². The zero-order valence-corrected chi connectivity index (χ0v) is 46.9. The molecule has 0 radical (unpaired) electrons. The Hall–Kier alpha value is -8.54. The van der Waals surface area contributed by atoms with Gasteiger partial charge in [-0.25, -0.2) is 14.4 Å². The minimum Gasteiger partial charge on any atom is -0.445 e. The highest BCUT2D eigenvalue weighted by atomic mass is 79.9. The zero-order chi connectivity index (χ0) is 57.6. The maximum Gasteiger partial charge on any atom is 0.415 e. The zero-order valence-electron chi connectivity index (χ0n) is 45.3. The quantitative estimate of drug-likeness (QED) is 0.0280. The van der Waals surface area contributed by atoms with Gasteiger partial charge in [-0.05, 0) is 90.9 Å². The number of aromatic amines is 1. The van der Waals surface area contributed by atoms with Gasteiger partial charge in [0, 0.05) is 103 Å². The van der Waals surface area contributed by atoms with Gasteiger partial charge in [0.15, 0.2) is 0 Å². The molecule has 1 aromatic heterocycles. The first-order valence-electron chi connectivity index (χ1n) is 26.8. The molecule has 2 aliphatic rings. The highest BCUT2D eigenvalue weighted by Crippen LogP contribution is 2.46. The van der Waals surface area contributed by atoms with E-state index in [1.165, 1.54) is 12.1 Å². The summed E-state index contributed by atoms with van der Waals surface area (Å²) in [6.45, 7) is 6.79. The Balaban J connectivity index is 0.861. The Bertz CT molecular complexity index is 3260. The van der Waals surface area contributed by atoms with Gasteiger partial charge in [-0.2, -0.15) is 0 Å². The summed E-state index contributed by atoms with van der Waals surface area (Å²) >= 11 is 3.68. The number of halogens is 1. The molecular formula is C58H67BrN12O10. The van der Waals surface area contributed by atoms with Crippen LogP contribution in [0.4, 0.5) is 31.4 Å². The summed E-state index contributed by atoms with van der Waals surface area (Å²) in [5.41, 5.74) is 9.81. The van der Waals surface area contributed by atoms with Crippen molar-refractivity contribution in [1.82, 2.24) is 41.4 Å².